The number of halogens is 1. The van der Waals surface area contributed by atoms with Crippen LogP contribution in [0.5, 0.6) is 0 Å². The zero-order chi connectivity index (χ0) is 13.4. The zero-order valence-electron chi connectivity index (χ0n) is 11.1. The van der Waals surface area contributed by atoms with Crippen molar-refractivity contribution in [2.24, 2.45) is 5.92 Å². The standard InChI is InChI=1S/C14H18ClO.CH3.Cr/c1-3-7-13(14(15)16)10-11(2)12-8-5-4-6-9-12;;/h4-6,8-9,11,13H,2-3,7,10H2,1H3;1H3;/t11-,13+;;/m1../s1. The molecule has 1 aromatic carbocycles. The molecule has 0 aliphatic rings. The van der Waals surface area contributed by atoms with Gasteiger partial charge in [-0.2, -0.15) is 0 Å². The van der Waals surface area contributed by atoms with Gasteiger partial charge in [0.2, 0.25) is 0 Å². The van der Waals surface area contributed by atoms with Crippen LogP contribution in [0.25, 0.3) is 0 Å². The molecule has 0 fully saturated rings. The van der Waals surface area contributed by atoms with E-state index in [0.717, 1.165) is 19.3 Å². The van der Waals surface area contributed by atoms with E-state index >= 15 is 0 Å². The Morgan fingerprint density at radius 2 is 2.00 bits per heavy atom. The molecule has 0 radical (unpaired) electrons. The van der Waals surface area contributed by atoms with Crippen molar-refractivity contribution in [3.63, 3.8) is 0 Å². The summed E-state index contributed by atoms with van der Waals surface area (Å²) in [6.07, 6.45) is 2.82. The van der Waals surface area contributed by atoms with Crippen molar-refractivity contribution < 1.29 is 20.0 Å². The second-order valence-electron chi connectivity index (χ2n) is 4.59. The van der Waals surface area contributed by atoms with Gasteiger partial charge in [0.25, 0.3) is 0 Å². The summed E-state index contributed by atoms with van der Waals surface area (Å²) < 4.78 is 0. The van der Waals surface area contributed by atoms with Gasteiger partial charge < -0.3 is 0 Å². The molecule has 0 aromatic heterocycles. The van der Waals surface area contributed by atoms with Gasteiger partial charge in [0.15, 0.2) is 0 Å². The molecule has 0 saturated heterocycles. The number of rotatable bonds is 8. The maximum atomic E-state index is 11.5. The average molecular weight is 305 g/mol. The van der Waals surface area contributed by atoms with Gasteiger partial charge in [-0.3, -0.25) is 0 Å². The molecule has 18 heavy (non-hydrogen) atoms. The Hall–Kier alpha value is -0.288. The normalized spacial score (nSPS) is 14.2. The van der Waals surface area contributed by atoms with Gasteiger partial charge in [-0.25, -0.2) is 0 Å². The molecule has 2 atom stereocenters. The van der Waals surface area contributed by atoms with Crippen LogP contribution in [-0.2, 0) is 20.0 Å². The van der Waals surface area contributed by atoms with Gasteiger partial charge >= 0.3 is 122 Å². The van der Waals surface area contributed by atoms with Crippen molar-refractivity contribution in [3.05, 3.63) is 35.9 Å². The number of carbonyl (C=O) groups is 1. The summed E-state index contributed by atoms with van der Waals surface area (Å²) in [6, 6.07) is 10.5. The fourth-order valence-electron chi connectivity index (χ4n) is 2.24. The van der Waals surface area contributed by atoms with Crippen molar-refractivity contribution in [1.82, 2.24) is 0 Å². The van der Waals surface area contributed by atoms with E-state index in [0.29, 0.717) is 21.1 Å². The Morgan fingerprint density at radius 1 is 1.33 bits per heavy atom. The predicted molar refractivity (Wildman–Crippen MR) is 73.7 cm³/mol. The molecule has 0 heterocycles. The molecule has 1 aromatic rings. The molecule has 3 heteroatoms. The Kier molecular flexibility index (Phi) is 7.67. The summed E-state index contributed by atoms with van der Waals surface area (Å²) >= 11 is 6.34. The van der Waals surface area contributed by atoms with Crippen LogP contribution in [-0.4, -0.2) is 5.24 Å². The van der Waals surface area contributed by atoms with Crippen LogP contribution in [0, 0.1) is 5.92 Å². The molecule has 0 aliphatic heterocycles. The van der Waals surface area contributed by atoms with Crippen LogP contribution in [0.1, 0.15) is 37.7 Å². The Balaban J connectivity index is 2.76. The number of hydrogen-bond donors (Lipinski definition) is 0. The van der Waals surface area contributed by atoms with Crippen molar-refractivity contribution in [2.45, 2.75) is 43.2 Å². The third-order valence-electron chi connectivity index (χ3n) is 3.17. The van der Waals surface area contributed by atoms with E-state index in [1.54, 1.807) is 0 Å². The summed E-state index contributed by atoms with van der Waals surface area (Å²) in [5.41, 5.74) is 1.35. The Labute approximate surface area is 122 Å². The minimum absolute atomic E-state index is 0.0178. The Bertz CT molecular complexity index is 353. The quantitative estimate of drug-likeness (QED) is 0.625. The molecular weight excluding hydrogens is 284 g/mol. The summed E-state index contributed by atoms with van der Waals surface area (Å²) in [5, 5.41) is 1.02. The van der Waals surface area contributed by atoms with E-state index in [-0.39, 0.29) is 11.2 Å². The maximum absolute atomic E-state index is 11.5. The average Bonchev–Trinajstić information content (AvgIpc) is 2.38. The van der Waals surface area contributed by atoms with Crippen molar-refractivity contribution in [2.75, 3.05) is 0 Å². The molecule has 0 spiro atoms. The zero-order valence-corrected chi connectivity index (χ0v) is 13.1. The van der Waals surface area contributed by atoms with Gasteiger partial charge in [-0.15, -0.1) is 0 Å². The van der Waals surface area contributed by atoms with E-state index in [4.69, 9.17) is 11.6 Å². The SMILES string of the molecule is CCC[C@@H](C[C@@H]([CH2][Cr][CH3])c1ccccc1)C(=O)Cl. The first-order valence-electron chi connectivity index (χ1n) is 6.42. The summed E-state index contributed by atoms with van der Waals surface area (Å²) in [4.78, 5) is 11.5. The first kappa shape index (κ1) is 15.8. The van der Waals surface area contributed by atoms with Crippen LogP contribution >= 0.6 is 11.6 Å². The minimum atomic E-state index is -0.165. The predicted octanol–water partition coefficient (Wildman–Crippen LogP) is 4.89. The molecule has 100 valence electrons. The number of hydrogen-bond acceptors (Lipinski definition) is 1. The first-order valence-corrected chi connectivity index (χ1v) is 8.97. The topological polar surface area (TPSA) is 17.1 Å². The molecule has 0 aliphatic carbocycles. The van der Waals surface area contributed by atoms with E-state index < -0.39 is 0 Å². The number of carbonyl (C=O) groups excluding carboxylic acids is 1. The molecule has 0 unspecified atom stereocenters. The van der Waals surface area contributed by atoms with Gasteiger partial charge in [0.05, 0.1) is 0 Å². The van der Waals surface area contributed by atoms with Crippen LogP contribution in [0.15, 0.2) is 30.3 Å². The van der Waals surface area contributed by atoms with Crippen molar-refractivity contribution in [3.8, 4) is 0 Å². The van der Waals surface area contributed by atoms with Gasteiger partial charge in [-0.05, 0) is 0 Å². The van der Waals surface area contributed by atoms with E-state index in [9.17, 15) is 4.79 Å². The third kappa shape index (κ3) is 5.14. The third-order valence-corrected chi connectivity index (χ3v) is 4.62. The molecule has 0 saturated carbocycles. The van der Waals surface area contributed by atoms with Gasteiger partial charge in [0, 0.05) is 0 Å². The monoisotopic (exact) mass is 304 g/mol. The second kappa shape index (κ2) is 8.75. The second-order valence-corrected chi connectivity index (χ2v) is 6.38. The molecule has 1 nitrogen and oxygen atoms in total. The van der Waals surface area contributed by atoms with Gasteiger partial charge in [0.1, 0.15) is 0 Å². The fraction of sp³-hybridized carbons (Fsp3) is 0.533. The molecule has 1 rings (SSSR count). The number of benzene rings is 1. The van der Waals surface area contributed by atoms with E-state index in [1.807, 2.05) is 6.07 Å². The molecule has 0 bridgehead atoms. The van der Waals surface area contributed by atoms with Crippen LogP contribution in [0.4, 0.5) is 0 Å². The molecule has 0 N–H and O–H groups in total. The van der Waals surface area contributed by atoms with Crippen molar-refractivity contribution in [1.29, 1.82) is 0 Å². The molecular formula is C15H21ClCrO. The van der Waals surface area contributed by atoms with Gasteiger partial charge in [-0.1, -0.05) is 0 Å². The van der Waals surface area contributed by atoms with Crippen molar-refractivity contribution >= 4 is 16.8 Å². The van der Waals surface area contributed by atoms with E-state index in [2.05, 4.69) is 37.0 Å². The van der Waals surface area contributed by atoms with Crippen LogP contribution in [0.3, 0.4) is 0 Å². The summed E-state index contributed by atoms with van der Waals surface area (Å²) in [5.74, 6) is 2.75. The first-order chi connectivity index (χ1) is 8.69. The van der Waals surface area contributed by atoms with Crippen LogP contribution < -0.4 is 0 Å². The summed E-state index contributed by atoms with van der Waals surface area (Å²) in [6.45, 7) is 2.11. The Morgan fingerprint density at radius 3 is 2.50 bits per heavy atom. The van der Waals surface area contributed by atoms with Crippen LogP contribution in [0.2, 0.25) is 11.1 Å². The summed E-state index contributed by atoms with van der Waals surface area (Å²) in [7, 11) is 0. The van der Waals surface area contributed by atoms with E-state index in [1.165, 1.54) is 10.8 Å². The fourth-order valence-corrected chi connectivity index (χ4v) is 3.58. The molecule has 0 amide bonds.